The van der Waals surface area contributed by atoms with E-state index in [1.165, 1.54) is 4.31 Å². The Morgan fingerprint density at radius 3 is 2.23 bits per heavy atom. The molecule has 31 heavy (non-hydrogen) atoms. The van der Waals surface area contributed by atoms with Crippen molar-refractivity contribution >= 4 is 15.9 Å². The molecule has 2 aromatic carbocycles. The van der Waals surface area contributed by atoms with Crippen LogP contribution in [0, 0.1) is 13.8 Å². The maximum absolute atomic E-state index is 13.4. The van der Waals surface area contributed by atoms with Gasteiger partial charge in [0, 0.05) is 13.1 Å². The number of benzene rings is 2. The predicted molar refractivity (Wildman–Crippen MR) is 123 cm³/mol. The Hall–Kier alpha value is -2.38. The SMILES string of the molecule is CCS(=O)(=O)N1CCC(C(=O)NCCOc2c(C)cccc2C)(c2ccccc2)CC1. The number of hydrogen-bond acceptors (Lipinski definition) is 4. The number of carbonyl (C=O) groups is 1. The molecule has 0 saturated carbocycles. The van der Waals surface area contributed by atoms with Crippen molar-refractivity contribution in [1.29, 1.82) is 0 Å². The van der Waals surface area contributed by atoms with E-state index in [9.17, 15) is 13.2 Å². The first kappa shape index (κ1) is 23.3. The van der Waals surface area contributed by atoms with Crippen LogP contribution in [0.4, 0.5) is 0 Å². The van der Waals surface area contributed by atoms with E-state index < -0.39 is 15.4 Å². The maximum Gasteiger partial charge on any atom is 0.230 e. The van der Waals surface area contributed by atoms with E-state index >= 15 is 0 Å². The largest absolute Gasteiger partial charge is 0.491 e. The number of amides is 1. The molecular formula is C24H32N2O4S. The van der Waals surface area contributed by atoms with Crippen LogP contribution in [0.3, 0.4) is 0 Å². The molecule has 1 aliphatic heterocycles. The van der Waals surface area contributed by atoms with Crippen LogP contribution >= 0.6 is 0 Å². The van der Waals surface area contributed by atoms with Gasteiger partial charge in [-0.3, -0.25) is 4.79 Å². The third-order valence-corrected chi connectivity index (χ3v) is 8.02. The first-order valence-corrected chi connectivity index (χ1v) is 12.4. The smallest absolute Gasteiger partial charge is 0.230 e. The van der Waals surface area contributed by atoms with Crippen LogP contribution in [0.1, 0.15) is 36.5 Å². The third-order valence-electron chi connectivity index (χ3n) is 6.14. The van der Waals surface area contributed by atoms with Gasteiger partial charge in [-0.1, -0.05) is 48.5 Å². The Morgan fingerprint density at radius 2 is 1.65 bits per heavy atom. The van der Waals surface area contributed by atoms with Gasteiger partial charge in [0.15, 0.2) is 0 Å². The molecule has 3 rings (SSSR count). The summed E-state index contributed by atoms with van der Waals surface area (Å²) in [6.07, 6.45) is 0.916. The van der Waals surface area contributed by atoms with E-state index in [0.29, 0.717) is 39.1 Å². The molecule has 0 spiro atoms. The number of aryl methyl sites for hydroxylation is 2. The van der Waals surface area contributed by atoms with E-state index in [-0.39, 0.29) is 11.7 Å². The fourth-order valence-corrected chi connectivity index (χ4v) is 5.35. The molecule has 2 aromatic rings. The Bertz CT molecular complexity index is 977. The Morgan fingerprint density at radius 1 is 1.03 bits per heavy atom. The molecule has 1 amide bonds. The van der Waals surface area contributed by atoms with Crippen molar-refractivity contribution in [3.63, 3.8) is 0 Å². The number of piperidine rings is 1. The highest BCUT2D eigenvalue weighted by atomic mass is 32.2. The van der Waals surface area contributed by atoms with E-state index in [0.717, 1.165) is 22.4 Å². The molecule has 6 nitrogen and oxygen atoms in total. The second-order valence-corrected chi connectivity index (χ2v) is 10.3. The van der Waals surface area contributed by atoms with Crippen LogP contribution in [0.2, 0.25) is 0 Å². The first-order chi connectivity index (χ1) is 14.8. The summed E-state index contributed by atoms with van der Waals surface area (Å²) >= 11 is 0. The molecular weight excluding hydrogens is 412 g/mol. The fourth-order valence-electron chi connectivity index (χ4n) is 4.25. The maximum atomic E-state index is 13.4. The molecule has 0 aromatic heterocycles. The monoisotopic (exact) mass is 444 g/mol. The molecule has 0 aliphatic carbocycles. The van der Waals surface area contributed by atoms with Crippen molar-refractivity contribution in [2.45, 2.75) is 39.0 Å². The minimum Gasteiger partial charge on any atom is -0.491 e. The number of nitrogens with one attached hydrogen (secondary N) is 1. The minimum atomic E-state index is -3.26. The minimum absolute atomic E-state index is 0.0719. The van der Waals surface area contributed by atoms with Gasteiger partial charge in [0.1, 0.15) is 12.4 Å². The first-order valence-electron chi connectivity index (χ1n) is 10.8. The van der Waals surface area contributed by atoms with Gasteiger partial charge < -0.3 is 10.1 Å². The summed E-state index contributed by atoms with van der Waals surface area (Å²) in [7, 11) is -3.26. The molecule has 0 radical (unpaired) electrons. The predicted octanol–water partition coefficient (Wildman–Crippen LogP) is 3.18. The van der Waals surface area contributed by atoms with E-state index in [2.05, 4.69) is 5.32 Å². The summed E-state index contributed by atoms with van der Waals surface area (Å²) in [6, 6.07) is 15.7. The van der Waals surface area contributed by atoms with Gasteiger partial charge in [0.2, 0.25) is 15.9 Å². The lowest BCUT2D eigenvalue weighted by molar-refractivity contribution is -0.128. The zero-order chi connectivity index (χ0) is 22.5. The number of rotatable bonds is 8. The van der Waals surface area contributed by atoms with Gasteiger partial charge in [-0.05, 0) is 50.3 Å². The average molecular weight is 445 g/mol. The van der Waals surface area contributed by atoms with Crippen LogP contribution in [0.15, 0.2) is 48.5 Å². The highest BCUT2D eigenvalue weighted by molar-refractivity contribution is 7.89. The summed E-state index contributed by atoms with van der Waals surface area (Å²) < 4.78 is 32.0. The molecule has 1 fully saturated rings. The van der Waals surface area contributed by atoms with Crippen molar-refractivity contribution < 1.29 is 17.9 Å². The molecule has 0 unspecified atom stereocenters. The Kier molecular flexibility index (Phi) is 7.38. The molecule has 7 heteroatoms. The summed E-state index contributed by atoms with van der Waals surface area (Å²) in [4.78, 5) is 13.4. The summed E-state index contributed by atoms with van der Waals surface area (Å²) in [5, 5.41) is 3.04. The van der Waals surface area contributed by atoms with Crippen LogP contribution in [0.5, 0.6) is 5.75 Å². The van der Waals surface area contributed by atoms with Crippen LogP contribution < -0.4 is 10.1 Å². The van der Waals surface area contributed by atoms with Crippen molar-refractivity contribution in [2.75, 3.05) is 32.0 Å². The van der Waals surface area contributed by atoms with Gasteiger partial charge >= 0.3 is 0 Å². The molecule has 1 heterocycles. The van der Waals surface area contributed by atoms with E-state index in [1.54, 1.807) is 6.92 Å². The average Bonchev–Trinajstić information content (AvgIpc) is 2.78. The van der Waals surface area contributed by atoms with Gasteiger partial charge in [-0.2, -0.15) is 0 Å². The second-order valence-electron chi connectivity index (χ2n) is 8.07. The summed E-state index contributed by atoms with van der Waals surface area (Å²) in [5.74, 6) is 0.859. The van der Waals surface area contributed by atoms with Crippen LogP contribution in [0.25, 0.3) is 0 Å². The number of carbonyl (C=O) groups excluding carboxylic acids is 1. The number of nitrogens with zero attached hydrogens (tertiary/aromatic N) is 1. The molecule has 1 saturated heterocycles. The zero-order valence-electron chi connectivity index (χ0n) is 18.6. The van der Waals surface area contributed by atoms with Gasteiger partial charge in [-0.25, -0.2) is 12.7 Å². The van der Waals surface area contributed by atoms with Crippen molar-refractivity contribution in [1.82, 2.24) is 9.62 Å². The quantitative estimate of drug-likeness (QED) is 0.635. The number of hydrogen-bond donors (Lipinski definition) is 1. The van der Waals surface area contributed by atoms with E-state index in [4.69, 9.17) is 4.74 Å². The lowest BCUT2D eigenvalue weighted by Gasteiger charge is -2.40. The molecule has 0 bridgehead atoms. The van der Waals surface area contributed by atoms with Gasteiger partial charge in [0.25, 0.3) is 0 Å². The number of sulfonamides is 1. The number of ether oxygens (including phenoxy) is 1. The van der Waals surface area contributed by atoms with Crippen LogP contribution in [-0.2, 0) is 20.2 Å². The molecule has 0 atom stereocenters. The van der Waals surface area contributed by atoms with Crippen molar-refractivity contribution in [2.24, 2.45) is 0 Å². The highest BCUT2D eigenvalue weighted by Gasteiger charge is 2.44. The van der Waals surface area contributed by atoms with Gasteiger partial charge in [-0.15, -0.1) is 0 Å². The number of para-hydroxylation sites is 1. The molecule has 1 aliphatic rings. The second kappa shape index (κ2) is 9.83. The summed E-state index contributed by atoms with van der Waals surface area (Å²) in [6.45, 7) is 7.11. The van der Waals surface area contributed by atoms with Crippen molar-refractivity contribution in [3.8, 4) is 5.75 Å². The normalized spacial score (nSPS) is 16.6. The molecule has 168 valence electrons. The highest BCUT2D eigenvalue weighted by Crippen LogP contribution is 2.36. The third kappa shape index (κ3) is 5.10. The van der Waals surface area contributed by atoms with Crippen molar-refractivity contribution in [3.05, 3.63) is 65.2 Å². The summed E-state index contributed by atoms with van der Waals surface area (Å²) in [5.41, 5.74) is 2.32. The standard InChI is InChI=1S/C24H32N2O4S/c1-4-31(28,29)26-16-13-24(14-17-26,21-11-6-5-7-12-21)23(27)25-15-18-30-22-19(2)9-8-10-20(22)3/h5-12H,4,13-18H2,1-3H3,(H,25,27). The lowest BCUT2D eigenvalue weighted by atomic mass is 9.72. The molecule has 1 N–H and O–H groups in total. The van der Waals surface area contributed by atoms with Gasteiger partial charge in [0.05, 0.1) is 17.7 Å². The Labute approximate surface area is 185 Å². The van der Waals surface area contributed by atoms with E-state index in [1.807, 2.05) is 62.4 Å². The zero-order valence-corrected chi connectivity index (χ0v) is 19.4. The van der Waals surface area contributed by atoms with Crippen LogP contribution in [-0.4, -0.2) is 50.6 Å². The lowest BCUT2D eigenvalue weighted by Crippen LogP contribution is -2.53. The Balaban J connectivity index is 1.68. The fraction of sp³-hybridized carbons (Fsp3) is 0.458. The topological polar surface area (TPSA) is 75.7 Å².